The molecule has 0 spiro atoms. The Morgan fingerprint density at radius 1 is 1.12 bits per heavy atom. The van der Waals surface area contributed by atoms with Crippen molar-refractivity contribution < 1.29 is 9.90 Å². The molecule has 0 heterocycles. The van der Waals surface area contributed by atoms with E-state index in [-0.39, 0.29) is 5.41 Å². The molecule has 2 aliphatic carbocycles. The second kappa shape index (κ2) is 6.33. The van der Waals surface area contributed by atoms with Crippen molar-refractivity contribution in [2.24, 2.45) is 11.3 Å². The lowest BCUT2D eigenvalue weighted by Gasteiger charge is -2.51. The van der Waals surface area contributed by atoms with Crippen molar-refractivity contribution in [2.45, 2.75) is 51.4 Å². The number of phenols is 1. The van der Waals surface area contributed by atoms with Crippen molar-refractivity contribution in [3.8, 4) is 5.75 Å². The van der Waals surface area contributed by atoms with Crippen LogP contribution in [-0.4, -0.2) is 10.9 Å². The summed E-state index contributed by atoms with van der Waals surface area (Å²) in [5.74, 6) is 1.49. The Labute approximate surface area is 149 Å². The molecule has 2 nitrogen and oxygen atoms in total. The van der Waals surface area contributed by atoms with E-state index >= 15 is 0 Å². The fourth-order valence-electron chi connectivity index (χ4n) is 5.15. The predicted octanol–water partition coefficient (Wildman–Crippen LogP) is 5.04. The number of carbonyl (C=O) groups is 1. The van der Waals surface area contributed by atoms with Crippen LogP contribution in [0.2, 0.25) is 0 Å². The number of Topliss-reactive ketones (excluding diaryl/α,β-unsaturated/α-hetero) is 1. The SMILES string of the molecule is C[C@@]12CCc3cc(O)ccc3[C@@H]1CC(=O)C[C@@H]2CCc1ccccc1. The Balaban J connectivity index is 1.61. The van der Waals surface area contributed by atoms with Gasteiger partial charge < -0.3 is 5.11 Å². The Hall–Kier alpha value is -2.09. The standard InChI is InChI=1S/C23H26O2/c1-23-12-11-17-13-19(24)9-10-21(17)22(23)15-20(25)14-18(23)8-7-16-5-3-2-4-6-16/h2-6,9-10,13,18,22,24H,7-8,11-12,14-15H2,1H3/t18-,22-,23-/m0/s1. The molecule has 0 unspecified atom stereocenters. The lowest BCUT2D eigenvalue weighted by Crippen LogP contribution is -2.43. The second-order valence-electron chi connectivity index (χ2n) is 8.11. The van der Waals surface area contributed by atoms with Crippen LogP contribution in [0.3, 0.4) is 0 Å². The zero-order valence-electron chi connectivity index (χ0n) is 14.9. The topological polar surface area (TPSA) is 37.3 Å². The highest BCUT2D eigenvalue weighted by atomic mass is 16.3. The van der Waals surface area contributed by atoms with Crippen molar-refractivity contribution in [1.29, 1.82) is 0 Å². The van der Waals surface area contributed by atoms with Crippen molar-refractivity contribution >= 4 is 5.78 Å². The second-order valence-corrected chi connectivity index (χ2v) is 8.11. The zero-order valence-corrected chi connectivity index (χ0v) is 14.9. The maximum absolute atomic E-state index is 12.5. The molecule has 0 aliphatic heterocycles. The van der Waals surface area contributed by atoms with E-state index in [0.717, 1.165) is 32.1 Å². The number of fused-ring (bicyclic) bond motifs is 3. The van der Waals surface area contributed by atoms with Crippen LogP contribution < -0.4 is 0 Å². The normalized spacial score (nSPS) is 28.3. The van der Waals surface area contributed by atoms with Crippen LogP contribution in [0.1, 0.15) is 55.2 Å². The first-order valence-corrected chi connectivity index (χ1v) is 9.43. The first kappa shape index (κ1) is 16.4. The van der Waals surface area contributed by atoms with Crippen LogP contribution in [0.5, 0.6) is 5.75 Å². The van der Waals surface area contributed by atoms with Gasteiger partial charge in [0.2, 0.25) is 0 Å². The molecule has 0 aromatic heterocycles. The average Bonchev–Trinajstić information content (AvgIpc) is 2.61. The van der Waals surface area contributed by atoms with Crippen LogP contribution in [0, 0.1) is 11.3 Å². The number of hydrogen-bond donors (Lipinski definition) is 1. The lowest BCUT2D eigenvalue weighted by atomic mass is 9.53. The molecular formula is C23H26O2. The fourth-order valence-corrected chi connectivity index (χ4v) is 5.15. The molecule has 1 N–H and O–H groups in total. The smallest absolute Gasteiger partial charge is 0.133 e. The largest absolute Gasteiger partial charge is 0.508 e. The summed E-state index contributed by atoms with van der Waals surface area (Å²) < 4.78 is 0. The Bertz CT molecular complexity index is 780. The third kappa shape index (κ3) is 2.99. The summed E-state index contributed by atoms with van der Waals surface area (Å²) in [6, 6.07) is 16.3. The van der Waals surface area contributed by atoms with Gasteiger partial charge in [-0.25, -0.2) is 0 Å². The highest BCUT2D eigenvalue weighted by Crippen LogP contribution is 2.56. The summed E-state index contributed by atoms with van der Waals surface area (Å²) in [6.07, 6.45) is 5.64. The van der Waals surface area contributed by atoms with E-state index in [1.165, 1.54) is 16.7 Å². The summed E-state index contributed by atoms with van der Waals surface area (Å²) >= 11 is 0. The Kier molecular flexibility index (Phi) is 4.15. The van der Waals surface area contributed by atoms with Gasteiger partial charge in [0, 0.05) is 12.8 Å². The summed E-state index contributed by atoms with van der Waals surface area (Å²) in [7, 11) is 0. The van der Waals surface area contributed by atoms with Crippen LogP contribution in [0.15, 0.2) is 48.5 Å². The Morgan fingerprint density at radius 2 is 1.92 bits per heavy atom. The molecule has 4 rings (SSSR count). The quantitative estimate of drug-likeness (QED) is 0.854. The van der Waals surface area contributed by atoms with Gasteiger partial charge in [0.1, 0.15) is 11.5 Å². The molecule has 2 aromatic rings. The van der Waals surface area contributed by atoms with Gasteiger partial charge in [-0.1, -0.05) is 43.3 Å². The van der Waals surface area contributed by atoms with Crippen LogP contribution >= 0.6 is 0 Å². The summed E-state index contributed by atoms with van der Waals surface area (Å²) in [5.41, 5.74) is 4.08. The summed E-state index contributed by atoms with van der Waals surface area (Å²) in [4.78, 5) is 12.5. The third-order valence-corrected chi connectivity index (χ3v) is 6.69. The minimum absolute atomic E-state index is 0.187. The van der Waals surface area contributed by atoms with E-state index in [1.807, 2.05) is 6.07 Å². The van der Waals surface area contributed by atoms with Crippen molar-refractivity contribution in [1.82, 2.24) is 0 Å². The van der Waals surface area contributed by atoms with Gasteiger partial charge in [-0.05, 0) is 71.8 Å². The average molecular weight is 334 g/mol. The third-order valence-electron chi connectivity index (χ3n) is 6.69. The van der Waals surface area contributed by atoms with Gasteiger partial charge in [0.05, 0.1) is 0 Å². The first-order valence-electron chi connectivity index (χ1n) is 9.43. The number of aryl methyl sites for hydroxylation is 2. The van der Waals surface area contributed by atoms with Crippen LogP contribution in [0.25, 0.3) is 0 Å². The molecule has 2 aliphatic rings. The van der Waals surface area contributed by atoms with Gasteiger partial charge in [-0.2, -0.15) is 0 Å². The number of benzene rings is 2. The minimum atomic E-state index is 0.187. The van der Waals surface area contributed by atoms with Gasteiger partial charge in [0.15, 0.2) is 0 Å². The molecular weight excluding hydrogens is 308 g/mol. The number of carbonyl (C=O) groups excluding carboxylic acids is 1. The van der Waals surface area contributed by atoms with Gasteiger partial charge in [0.25, 0.3) is 0 Å². The summed E-state index contributed by atoms with van der Waals surface area (Å²) in [6.45, 7) is 2.40. The number of rotatable bonds is 3. The fraction of sp³-hybridized carbons (Fsp3) is 0.435. The van der Waals surface area contributed by atoms with Crippen molar-refractivity contribution in [3.05, 3.63) is 65.2 Å². The van der Waals surface area contributed by atoms with Gasteiger partial charge in [-0.15, -0.1) is 0 Å². The van der Waals surface area contributed by atoms with E-state index in [9.17, 15) is 9.90 Å². The molecule has 1 saturated carbocycles. The molecule has 0 amide bonds. The Morgan fingerprint density at radius 3 is 2.72 bits per heavy atom. The highest BCUT2D eigenvalue weighted by Gasteiger charge is 2.48. The molecule has 2 aromatic carbocycles. The number of phenolic OH excluding ortho intramolecular Hbond substituents is 1. The molecule has 0 radical (unpaired) electrons. The number of aromatic hydroxyl groups is 1. The minimum Gasteiger partial charge on any atom is -0.508 e. The zero-order chi connectivity index (χ0) is 17.4. The molecule has 0 saturated heterocycles. The lowest BCUT2D eigenvalue weighted by molar-refractivity contribution is -0.126. The highest BCUT2D eigenvalue weighted by molar-refractivity contribution is 5.81. The molecule has 25 heavy (non-hydrogen) atoms. The first-order chi connectivity index (χ1) is 12.1. The maximum atomic E-state index is 12.5. The molecule has 3 atom stereocenters. The van der Waals surface area contributed by atoms with Gasteiger partial charge in [-0.3, -0.25) is 4.79 Å². The van der Waals surface area contributed by atoms with E-state index in [1.54, 1.807) is 6.07 Å². The van der Waals surface area contributed by atoms with E-state index in [2.05, 4.69) is 43.3 Å². The number of ketones is 1. The predicted molar refractivity (Wildman–Crippen MR) is 99.8 cm³/mol. The monoisotopic (exact) mass is 334 g/mol. The van der Waals surface area contributed by atoms with E-state index in [4.69, 9.17) is 0 Å². The van der Waals surface area contributed by atoms with E-state index in [0.29, 0.717) is 29.8 Å². The van der Waals surface area contributed by atoms with Crippen molar-refractivity contribution in [3.63, 3.8) is 0 Å². The molecule has 0 bridgehead atoms. The molecule has 130 valence electrons. The van der Waals surface area contributed by atoms with Crippen LogP contribution in [-0.2, 0) is 17.6 Å². The number of hydrogen-bond acceptors (Lipinski definition) is 2. The maximum Gasteiger partial charge on any atom is 0.133 e. The van der Waals surface area contributed by atoms with E-state index < -0.39 is 0 Å². The summed E-state index contributed by atoms with van der Waals surface area (Å²) in [5, 5.41) is 9.80. The molecule has 2 heteroatoms. The van der Waals surface area contributed by atoms with Gasteiger partial charge >= 0.3 is 0 Å². The van der Waals surface area contributed by atoms with Crippen LogP contribution in [0.4, 0.5) is 0 Å². The molecule has 1 fully saturated rings. The van der Waals surface area contributed by atoms with Crippen molar-refractivity contribution in [2.75, 3.05) is 0 Å².